The highest BCUT2D eigenvalue weighted by Gasteiger charge is 2.54. The van der Waals surface area contributed by atoms with Gasteiger partial charge in [0.25, 0.3) is 5.91 Å². The number of halogens is 2. The van der Waals surface area contributed by atoms with Crippen molar-refractivity contribution in [2.75, 3.05) is 43.1 Å². The van der Waals surface area contributed by atoms with E-state index in [-0.39, 0.29) is 24.4 Å². The Morgan fingerprint density at radius 3 is 2.41 bits per heavy atom. The van der Waals surface area contributed by atoms with Gasteiger partial charge in [-0.3, -0.25) is 9.59 Å². The fraction of sp³-hybridized carbons (Fsp3) is 0.323. The molecule has 214 valence electrons. The van der Waals surface area contributed by atoms with Crippen molar-refractivity contribution in [3.63, 3.8) is 0 Å². The minimum Gasteiger partial charge on any atom is -0.354 e. The van der Waals surface area contributed by atoms with E-state index in [0.29, 0.717) is 55.6 Å². The first-order valence-corrected chi connectivity index (χ1v) is 14.5. The van der Waals surface area contributed by atoms with Crippen molar-refractivity contribution >= 4 is 52.4 Å². The third kappa shape index (κ3) is 6.44. The number of piperidine rings is 1. The van der Waals surface area contributed by atoms with E-state index in [0.717, 1.165) is 22.5 Å². The van der Waals surface area contributed by atoms with E-state index in [9.17, 15) is 14.4 Å². The van der Waals surface area contributed by atoms with Crippen LogP contribution in [-0.4, -0.2) is 66.0 Å². The van der Waals surface area contributed by atoms with Gasteiger partial charge in [0.05, 0.1) is 6.67 Å². The molecule has 4 amide bonds. The fourth-order valence-electron chi connectivity index (χ4n) is 5.62. The minimum absolute atomic E-state index is 0.0458. The van der Waals surface area contributed by atoms with E-state index in [4.69, 9.17) is 23.2 Å². The molecule has 41 heavy (non-hydrogen) atoms. The van der Waals surface area contributed by atoms with Crippen LogP contribution in [0.1, 0.15) is 24.0 Å². The summed E-state index contributed by atoms with van der Waals surface area (Å²) in [6.07, 6.45) is 1.49. The molecule has 0 radical (unpaired) electrons. The highest BCUT2D eigenvalue weighted by atomic mass is 35.5. The van der Waals surface area contributed by atoms with Gasteiger partial charge in [-0.2, -0.15) is 0 Å². The molecule has 2 heterocycles. The summed E-state index contributed by atoms with van der Waals surface area (Å²) in [4.78, 5) is 45.3. The Hall–Kier alpha value is -3.75. The van der Waals surface area contributed by atoms with Crippen LogP contribution in [-0.2, 0) is 16.0 Å². The molecule has 2 fully saturated rings. The Labute approximate surface area is 250 Å². The molecule has 0 aromatic heterocycles. The summed E-state index contributed by atoms with van der Waals surface area (Å²) in [5.74, 6) is -0.320. The van der Waals surface area contributed by atoms with Gasteiger partial charge in [0.1, 0.15) is 12.1 Å². The van der Waals surface area contributed by atoms with Crippen molar-refractivity contribution in [1.29, 1.82) is 0 Å². The van der Waals surface area contributed by atoms with Crippen LogP contribution in [0.15, 0.2) is 72.8 Å². The molecule has 0 bridgehead atoms. The van der Waals surface area contributed by atoms with Gasteiger partial charge in [0.2, 0.25) is 5.91 Å². The van der Waals surface area contributed by atoms with Crippen molar-refractivity contribution in [3.8, 4) is 0 Å². The summed E-state index contributed by atoms with van der Waals surface area (Å²) >= 11 is 12.2. The number of nitrogens with one attached hydrogen (secondary N) is 2. The van der Waals surface area contributed by atoms with Gasteiger partial charge in [-0.25, -0.2) is 4.79 Å². The lowest BCUT2D eigenvalue weighted by Gasteiger charge is -2.43. The second-order valence-corrected chi connectivity index (χ2v) is 11.4. The molecule has 2 N–H and O–H groups in total. The first kappa shape index (κ1) is 28.8. The summed E-state index contributed by atoms with van der Waals surface area (Å²) in [6, 6.07) is 22.5. The summed E-state index contributed by atoms with van der Waals surface area (Å²) in [7, 11) is 0. The van der Waals surface area contributed by atoms with Crippen molar-refractivity contribution in [2.45, 2.75) is 31.7 Å². The average Bonchev–Trinajstić information content (AvgIpc) is 3.21. The molecule has 3 aromatic carbocycles. The van der Waals surface area contributed by atoms with E-state index in [1.165, 1.54) is 0 Å². The number of para-hydroxylation sites is 1. The van der Waals surface area contributed by atoms with E-state index in [1.54, 1.807) is 21.9 Å². The van der Waals surface area contributed by atoms with Gasteiger partial charge in [-0.05, 0) is 73.7 Å². The van der Waals surface area contributed by atoms with Crippen LogP contribution in [0.3, 0.4) is 0 Å². The van der Waals surface area contributed by atoms with Crippen molar-refractivity contribution < 1.29 is 14.4 Å². The Balaban J connectivity index is 1.23. The number of hydrogen-bond acceptors (Lipinski definition) is 4. The Kier molecular flexibility index (Phi) is 8.71. The van der Waals surface area contributed by atoms with Crippen LogP contribution in [0.4, 0.5) is 16.2 Å². The maximum atomic E-state index is 13.9. The van der Waals surface area contributed by atoms with Gasteiger partial charge >= 0.3 is 6.03 Å². The molecule has 2 aliphatic heterocycles. The molecule has 3 aromatic rings. The lowest BCUT2D eigenvalue weighted by atomic mass is 9.85. The lowest BCUT2D eigenvalue weighted by Crippen LogP contribution is -2.58. The second kappa shape index (κ2) is 12.4. The molecule has 2 aliphatic rings. The molecule has 2 saturated heterocycles. The van der Waals surface area contributed by atoms with Crippen molar-refractivity contribution in [3.05, 3.63) is 94.0 Å². The van der Waals surface area contributed by atoms with E-state index >= 15 is 0 Å². The normalized spacial score (nSPS) is 16.3. The molecule has 8 nitrogen and oxygen atoms in total. The zero-order valence-electron chi connectivity index (χ0n) is 22.9. The van der Waals surface area contributed by atoms with Gasteiger partial charge in [-0.15, -0.1) is 0 Å². The minimum atomic E-state index is -0.821. The number of rotatable bonds is 7. The molecule has 1 spiro atoms. The number of benzene rings is 3. The van der Waals surface area contributed by atoms with E-state index in [2.05, 4.69) is 15.5 Å². The van der Waals surface area contributed by atoms with Gasteiger partial charge in [0, 0.05) is 41.1 Å². The van der Waals surface area contributed by atoms with Crippen LogP contribution in [0.25, 0.3) is 0 Å². The molecular formula is C31H33Cl2N5O3. The summed E-state index contributed by atoms with van der Waals surface area (Å²) < 4.78 is 0. The third-order valence-corrected chi connectivity index (χ3v) is 8.38. The average molecular weight is 595 g/mol. The maximum Gasteiger partial charge on any atom is 0.321 e. The van der Waals surface area contributed by atoms with Crippen LogP contribution < -0.4 is 15.5 Å². The molecule has 0 saturated carbocycles. The molecule has 0 unspecified atom stereocenters. The zero-order chi connectivity index (χ0) is 29.0. The number of nitrogens with zero attached hydrogens (tertiary/aromatic N) is 3. The number of urea groups is 1. The molecule has 10 heteroatoms. The molecule has 0 atom stereocenters. The number of carbonyl (C=O) groups excluding carboxylic acids is 3. The second-order valence-electron chi connectivity index (χ2n) is 10.6. The number of hydrogen-bond donors (Lipinski definition) is 2. The summed E-state index contributed by atoms with van der Waals surface area (Å²) in [5.41, 5.74) is 2.79. The zero-order valence-corrected chi connectivity index (χ0v) is 24.4. The van der Waals surface area contributed by atoms with Crippen molar-refractivity contribution in [1.82, 2.24) is 15.1 Å². The van der Waals surface area contributed by atoms with Gasteiger partial charge < -0.3 is 25.3 Å². The van der Waals surface area contributed by atoms with E-state index in [1.807, 2.05) is 67.6 Å². The maximum absolute atomic E-state index is 13.9. The monoisotopic (exact) mass is 593 g/mol. The SMILES string of the molecule is Cc1cccc(NC(=O)N2CCC3(CC2)C(=O)N(CC(=O)NCCc2ccc(Cl)cc2Cl)CN3c2ccccc2)c1. The van der Waals surface area contributed by atoms with Gasteiger partial charge in [-0.1, -0.05) is 59.6 Å². The smallest absolute Gasteiger partial charge is 0.321 e. The van der Waals surface area contributed by atoms with Crippen LogP contribution in [0, 0.1) is 6.92 Å². The fourth-order valence-corrected chi connectivity index (χ4v) is 6.12. The lowest BCUT2D eigenvalue weighted by molar-refractivity contribution is -0.137. The standard InChI is InChI=1S/C31H33Cl2N5O3/c1-22-6-5-7-25(18-22)35-30(41)36-16-13-31(14-17-36)29(40)37(21-38(31)26-8-3-2-4-9-26)20-28(39)34-15-12-23-10-11-24(32)19-27(23)33/h2-11,18-19H,12-17,20-21H2,1H3,(H,34,39)(H,35,41). The molecular weight excluding hydrogens is 561 g/mol. The number of carbonyl (C=O) groups is 3. The summed E-state index contributed by atoms with van der Waals surface area (Å²) in [5, 5.41) is 7.00. The molecule has 0 aliphatic carbocycles. The van der Waals surface area contributed by atoms with E-state index < -0.39 is 5.54 Å². The van der Waals surface area contributed by atoms with Crippen LogP contribution in [0.2, 0.25) is 10.0 Å². The Morgan fingerprint density at radius 1 is 0.951 bits per heavy atom. The van der Waals surface area contributed by atoms with Crippen LogP contribution in [0.5, 0.6) is 0 Å². The highest BCUT2D eigenvalue weighted by Crippen LogP contribution is 2.39. The third-order valence-electron chi connectivity index (χ3n) is 7.80. The topological polar surface area (TPSA) is 85.0 Å². The van der Waals surface area contributed by atoms with Crippen LogP contribution >= 0.6 is 23.2 Å². The van der Waals surface area contributed by atoms with Gasteiger partial charge in [0.15, 0.2) is 0 Å². The number of aryl methyl sites for hydroxylation is 1. The number of anilines is 2. The Morgan fingerprint density at radius 2 is 1.71 bits per heavy atom. The Bertz CT molecular complexity index is 1430. The first-order chi connectivity index (χ1) is 19.7. The predicted molar refractivity (Wildman–Crippen MR) is 162 cm³/mol. The summed E-state index contributed by atoms with van der Waals surface area (Å²) in [6.45, 7) is 3.47. The van der Waals surface area contributed by atoms with Crippen molar-refractivity contribution in [2.24, 2.45) is 0 Å². The largest absolute Gasteiger partial charge is 0.354 e. The first-order valence-electron chi connectivity index (χ1n) is 13.7. The molecule has 5 rings (SSSR count). The highest BCUT2D eigenvalue weighted by molar-refractivity contribution is 6.35. The number of amides is 4. The number of likely N-dealkylation sites (tertiary alicyclic amines) is 1. The predicted octanol–water partition coefficient (Wildman–Crippen LogP) is 5.33. The quantitative estimate of drug-likeness (QED) is 0.387.